The summed E-state index contributed by atoms with van der Waals surface area (Å²) in [5.41, 5.74) is 3.98. The van der Waals surface area contributed by atoms with Gasteiger partial charge < -0.3 is 4.57 Å². The molecule has 0 spiro atoms. The minimum absolute atomic E-state index is 0.358. The zero-order chi connectivity index (χ0) is 14.1. The highest BCUT2D eigenvalue weighted by atomic mass is 35.5. The lowest BCUT2D eigenvalue weighted by Crippen LogP contribution is -2.04. The number of nitrogens with zero attached hydrogens (tertiary/aromatic N) is 3. The molecule has 0 unspecified atom stereocenters. The average Bonchev–Trinajstić information content (AvgIpc) is 2.79. The Bertz CT molecular complexity index is 765. The van der Waals surface area contributed by atoms with Crippen molar-refractivity contribution in [2.75, 3.05) is 0 Å². The van der Waals surface area contributed by atoms with Crippen molar-refractivity contribution in [2.45, 2.75) is 19.3 Å². The van der Waals surface area contributed by atoms with E-state index in [4.69, 9.17) is 23.2 Å². The van der Waals surface area contributed by atoms with E-state index in [0.717, 1.165) is 33.1 Å². The fourth-order valence-electron chi connectivity index (χ4n) is 2.27. The van der Waals surface area contributed by atoms with Crippen molar-refractivity contribution < 1.29 is 0 Å². The van der Waals surface area contributed by atoms with Gasteiger partial charge in [0.15, 0.2) is 5.65 Å². The molecule has 2 heterocycles. The van der Waals surface area contributed by atoms with Gasteiger partial charge in [-0.3, -0.25) is 0 Å². The van der Waals surface area contributed by atoms with Crippen molar-refractivity contribution in [3.8, 4) is 0 Å². The molecular weight excluding hydrogens is 293 g/mol. The molecule has 0 fully saturated rings. The number of alkyl halides is 1. The van der Waals surface area contributed by atoms with E-state index in [1.165, 1.54) is 0 Å². The second-order valence-electron chi connectivity index (χ2n) is 4.68. The van der Waals surface area contributed by atoms with Crippen LogP contribution in [-0.2, 0) is 12.4 Å². The minimum atomic E-state index is 0.358. The van der Waals surface area contributed by atoms with E-state index in [2.05, 4.69) is 9.97 Å². The van der Waals surface area contributed by atoms with Gasteiger partial charge in [0, 0.05) is 11.2 Å². The number of hydrogen-bond acceptors (Lipinski definition) is 2. The molecule has 3 nitrogen and oxygen atoms in total. The van der Waals surface area contributed by atoms with Crippen LogP contribution >= 0.6 is 23.2 Å². The molecule has 3 aromatic rings. The summed E-state index contributed by atoms with van der Waals surface area (Å²) in [6.45, 7) is 2.69. The Kier molecular flexibility index (Phi) is 3.64. The number of halogens is 2. The topological polar surface area (TPSA) is 30.7 Å². The molecule has 3 rings (SSSR count). The summed E-state index contributed by atoms with van der Waals surface area (Å²) in [5, 5.41) is 0.725. The van der Waals surface area contributed by atoms with Crippen LogP contribution in [-0.4, -0.2) is 14.5 Å². The highest BCUT2D eigenvalue weighted by Crippen LogP contribution is 2.21. The number of aryl methyl sites for hydroxylation is 1. The number of rotatable bonds is 3. The Morgan fingerprint density at radius 2 is 2.10 bits per heavy atom. The Morgan fingerprint density at radius 1 is 1.25 bits per heavy atom. The van der Waals surface area contributed by atoms with E-state index >= 15 is 0 Å². The molecule has 0 aliphatic heterocycles. The van der Waals surface area contributed by atoms with Crippen LogP contribution in [0.4, 0.5) is 0 Å². The second-order valence-corrected chi connectivity index (χ2v) is 5.38. The largest absolute Gasteiger partial charge is 0.307 e. The van der Waals surface area contributed by atoms with Crippen LogP contribution in [0.5, 0.6) is 0 Å². The fourth-order valence-corrected chi connectivity index (χ4v) is 2.69. The quantitative estimate of drug-likeness (QED) is 0.680. The zero-order valence-electron chi connectivity index (χ0n) is 11.0. The normalized spacial score (nSPS) is 11.2. The number of aromatic nitrogens is 3. The third-order valence-electron chi connectivity index (χ3n) is 3.26. The molecule has 5 heteroatoms. The number of benzene rings is 1. The molecule has 1 aromatic carbocycles. The molecule has 0 atom stereocenters. The van der Waals surface area contributed by atoms with Gasteiger partial charge in [-0.2, -0.15) is 0 Å². The molecule has 102 valence electrons. The maximum Gasteiger partial charge on any atom is 0.160 e. The lowest BCUT2D eigenvalue weighted by Gasteiger charge is -2.07. The first-order valence-corrected chi connectivity index (χ1v) is 7.21. The first-order valence-electron chi connectivity index (χ1n) is 6.30. The van der Waals surface area contributed by atoms with Crippen molar-refractivity contribution in [1.82, 2.24) is 14.5 Å². The molecule has 0 N–H and O–H groups in total. The Labute approximate surface area is 127 Å². The standard InChI is InChI=1S/C15H13Cl2N3/c1-10-5-6-18-15-14(10)19-13(8-16)20(15)9-11-3-2-4-12(17)7-11/h2-7H,8-9H2,1H3. The van der Waals surface area contributed by atoms with Gasteiger partial charge in [-0.1, -0.05) is 23.7 Å². The summed E-state index contributed by atoms with van der Waals surface area (Å²) >= 11 is 12.1. The maximum absolute atomic E-state index is 6.04. The monoisotopic (exact) mass is 305 g/mol. The molecular formula is C15H13Cl2N3. The summed E-state index contributed by atoms with van der Waals surface area (Å²) in [7, 11) is 0. The molecule has 2 aromatic heterocycles. The lowest BCUT2D eigenvalue weighted by molar-refractivity contribution is 0.770. The smallest absolute Gasteiger partial charge is 0.160 e. The van der Waals surface area contributed by atoms with Crippen molar-refractivity contribution in [1.29, 1.82) is 0 Å². The Hall–Kier alpha value is -1.58. The molecule has 20 heavy (non-hydrogen) atoms. The zero-order valence-corrected chi connectivity index (χ0v) is 12.5. The van der Waals surface area contributed by atoms with Gasteiger partial charge in [0.25, 0.3) is 0 Å². The Morgan fingerprint density at radius 3 is 2.85 bits per heavy atom. The number of pyridine rings is 1. The van der Waals surface area contributed by atoms with E-state index in [-0.39, 0.29) is 0 Å². The first-order chi connectivity index (χ1) is 9.69. The molecule has 0 bridgehead atoms. The predicted octanol–water partition coefficient (Wildman–Crippen LogP) is 4.18. The summed E-state index contributed by atoms with van der Waals surface area (Å²) in [6.07, 6.45) is 1.80. The molecule has 0 saturated carbocycles. The van der Waals surface area contributed by atoms with Crippen LogP contribution in [0, 0.1) is 6.92 Å². The first kappa shape index (κ1) is 13.4. The van der Waals surface area contributed by atoms with E-state index in [1.54, 1.807) is 6.20 Å². The number of imidazole rings is 1. The molecule has 0 radical (unpaired) electrons. The van der Waals surface area contributed by atoms with E-state index < -0.39 is 0 Å². The summed E-state index contributed by atoms with van der Waals surface area (Å²) in [5.74, 6) is 1.18. The van der Waals surface area contributed by atoms with E-state index in [9.17, 15) is 0 Å². The van der Waals surface area contributed by atoms with Crippen LogP contribution in [0.25, 0.3) is 11.2 Å². The lowest BCUT2D eigenvalue weighted by atomic mass is 10.2. The van der Waals surface area contributed by atoms with Gasteiger partial charge in [-0.15, -0.1) is 11.6 Å². The third-order valence-corrected chi connectivity index (χ3v) is 3.74. The molecule has 0 saturated heterocycles. The van der Waals surface area contributed by atoms with Gasteiger partial charge in [-0.05, 0) is 36.2 Å². The van der Waals surface area contributed by atoms with E-state index in [0.29, 0.717) is 12.4 Å². The molecule has 0 aliphatic rings. The summed E-state index contributed by atoms with van der Waals surface area (Å²) in [6, 6.07) is 9.74. The predicted molar refractivity (Wildman–Crippen MR) is 82.4 cm³/mol. The third kappa shape index (κ3) is 2.39. The van der Waals surface area contributed by atoms with E-state index in [1.807, 2.05) is 41.8 Å². The summed E-state index contributed by atoms with van der Waals surface area (Å²) in [4.78, 5) is 9.02. The fraction of sp³-hybridized carbons (Fsp3) is 0.200. The van der Waals surface area contributed by atoms with Gasteiger partial charge >= 0.3 is 0 Å². The average molecular weight is 306 g/mol. The van der Waals surface area contributed by atoms with Crippen LogP contribution in [0.1, 0.15) is 17.0 Å². The Balaban J connectivity index is 2.12. The number of hydrogen-bond donors (Lipinski definition) is 0. The maximum atomic E-state index is 6.04. The molecule has 0 amide bonds. The number of fused-ring (bicyclic) bond motifs is 1. The van der Waals surface area contributed by atoms with Crippen molar-refractivity contribution in [3.05, 3.63) is 58.5 Å². The highest BCUT2D eigenvalue weighted by molar-refractivity contribution is 6.30. The molecule has 0 aliphatic carbocycles. The second kappa shape index (κ2) is 5.43. The van der Waals surface area contributed by atoms with Gasteiger partial charge in [0.1, 0.15) is 11.3 Å². The minimum Gasteiger partial charge on any atom is -0.307 e. The van der Waals surface area contributed by atoms with Gasteiger partial charge in [0.2, 0.25) is 0 Å². The van der Waals surface area contributed by atoms with Crippen molar-refractivity contribution in [3.63, 3.8) is 0 Å². The van der Waals surface area contributed by atoms with Crippen LogP contribution in [0.3, 0.4) is 0 Å². The SMILES string of the molecule is Cc1ccnc2c1nc(CCl)n2Cc1cccc(Cl)c1. The summed E-state index contributed by atoms with van der Waals surface area (Å²) < 4.78 is 2.04. The van der Waals surface area contributed by atoms with Gasteiger partial charge in [0.05, 0.1) is 12.4 Å². The van der Waals surface area contributed by atoms with Crippen molar-refractivity contribution in [2.24, 2.45) is 0 Å². The highest BCUT2D eigenvalue weighted by Gasteiger charge is 2.13. The van der Waals surface area contributed by atoms with Crippen LogP contribution < -0.4 is 0 Å². The van der Waals surface area contributed by atoms with Crippen LogP contribution in [0.15, 0.2) is 36.5 Å². The van der Waals surface area contributed by atoms with Crippen LogP contribution in [0.2, 0.25) is 5.02 Å². The van der Waals surface area contributed by atoms with Gasteiger partial charge in [-0.25, -0.2) is 9.97 Å². The van der Waals surface area contributed by atoms with Crippen molar-refractivity contribution >= 4 is 34.4 Å².